The van der Waals surface area contributed by atoms with Gasteiger partial charge in [0.1, 0.15) is 0 Å². The van der Waals surface area contributed by atoms with E-state index >= 15 is 0 Å². The second-order valence-corrected chi connectivity index (χ2v) is 3.97. The fourth-order valence-corrected chi connectivity index (χ4v) is 1.26. The molecular weight excluding hydrogens is 188 g/mol. The Kier molecular flexibility index (Phi) is 4.28. The van der Waals surface area contributed by atoms with Crippen molar-refractivity contribution in [3.63, 3.8) is 0 Å². The first kappa shape index (κ1) is 11.7. The molecule has 0 spiro atoms. The first-order chi connectivity index (χ1) is 7.09. The number of carbonyl (C=O) groups is 1. The number of carbonyl (C=O) groups excluding carboxylic acids is 1. The summed E-state index contributed by atoms with van der Waals surface area (Å²) in [6.45, 7) is 6.41. The molecule has 3 nitrogen and oxygen atoms in total. The first-order valence-electron chi connectivity index (χ1n) is 5.30. The number of hydrogen-bond donors (Lipinski definition) is 1. The summed E-state index contributed by atoms with van der Waals surface area (Å²) in [6.07, 6.45) is 0.792. The van der Waals surface area contributed by atoms with Crippen molar-refractivity contribution in [3.05, 3.63) is 29.6 Å². The van der Waals surface area contributed by atoms with Crippen LogP contribution in [-0.4, -0.2) is 17.4 Å². The topological polar surface area (TPSA) is 42.0 Å². The Balaban J connectivity index is 2.35. The molecule has 1 N–H and O–H groups in total. The monoisotopic (exact) mass is 206 g/mol. The zero-order valence-electron chi connectivity index (χ0n) is 9.58. The van der Waals surface area contributed by atoms with Crippen LogP contribution in [0.25, 0.3) is 0 Å². The number of aryl methyl sites for hydroxylation is 1. The fourth-order valence-electron chi connectivity index (χ4n) is 1.26. The largest absolute Gasteiger partial charge is 0.355 e. The van der Waals surface area contributed by atoms with E-state index in [2.05, 4.69) is 10.3 Å². The maximum absolute atomic E-state index is 11.3. The van der Waals surface area contributed by atoms with Crippen molar-refractivity contribution in [2.45, 2.75) is 27.2 Å². The first-order valence-corrected chi connectivity index (χ1v) is 5.30. The molecule has 0 fully saturated rings. The van der Waals surface area contributed by atoms with Crippen molar-refractivity contribution < 1.29 is 4.79 Å². The van der Waals surface area contributed by atoms with Gasteiger partial charge in [0.2, 0.25) is 5.91 Å². The van der Waals surface area contributed by atoms with E-state index < -0.39 is 0 Å². The van der Waals surface area contributed by atoms with Crippen LogP contribution in [0.3, 0.4) is 0 Å². The highest BCUT2D eigenvalue weighted by molar-refractivity contribution is 5.77. The normalized spacial score (nSPS) is 10.4. The summed E-state index contributed by atoms with van der Waals surface area (Å²) in [5, 5.41) is 2.87. The maximum atomic E-state index is 11.3. The summed E-state index contributed by atoms with van der Waals surface area (Å²) in [6, 6.07) is 5.94. The van der Waals surface area contributed by atoms with E-state index in [4.69, 9.17) is 0 Å². The highest BCUT2D eigenvalue weighted by Gasteiger charge is 2.05. The van der Waals surface area contributed by atoms with E-state index in [1.165, 1.54) is 0 Å². The Morgan fingerprint density at radius 2 is 2.20 bits per heavy atom. The lowest BCUT2D eigenvalue weighted by atomic mass is 10.2. The van der Waals surface area contributed by atoms with Crippen LogP contribution in [0.1, 0.15) is 25.2 Å². The predicted octanol–water partition coefficient (Wildman–Crippen LogP) is 1.70. The van der Waals surface area contributed by atoms with Crippen LogP contribution in [0.5, 0.6) is 0 Å². The average molecular weight is 206 g/mol. The molecule has 0 aliphatic heterocycles. The molecule has 15 heavy (non-hydrogen) atoms. The molecule has 1 aromatic heterocycles. The van der Waals surface area contributed by atoms with E-state index in [9.17, 15) is 4.79 Å². The standard InChI is InChI=1S/C12H18N2O/c1-9(2)12(15)13-8-7-11-6-4-5-10(3)14-11/h4-6,9H,7-8H2,1-3H3,(H,13,15). The lowest BCUT2D eigenvalue weighted by Crippen LogP contribution is -2.29. The van der Waals surface area contributed by atoms with Crippen LogP contribution >= 0.6 is 0 Å². The van der Waals surface area contributed by atoms with E-state index in [0.717, 1.165) is 17.8 Å². The van der Waals surface area contributed by atoms with Gasteiger partial charge in [0.05, 0.1) is 0 Å². The Morgan fingerprint density at radius 3 is 2.80 bits per heavy atom. The van der Waals surface area contributed by atoms with Crippen LogP contribution in [-0.2, 0) is 11.2 Å². The van der Waals surface area contributed by atoms with Gasteiger partial charge in [-0.05, 0) is 19.1 Å². The maximum Gasteiger partial charge on any atom is 0.222 e. The molecular formula is C12H18N2O. The zero-order chi connectivity index (χ0) is 11.3. The third-order valence-corrected chi connectivity index (χ3v) is 2.15. The minimum atomic E-state index is 0.0514. The van der Waals surface area contributed by atoms with Crippen molar-refractivity contribution in [3.8, 4) is 0 Å². The Labute approximate surface area is 90.9 Å². The third-order valence-electron chi connectivity index (χ3n) is 2.15. The van der Waals surface area contributed by atoms with Gasteiger partial charge in [-0.25, -0.2) is 0 Å². The van der Waals surface area contributed by atoms with Crippen molar-refractivity contribution >= 4 is 5.91 Å². The van der Waals surface area contributed by atoms with Gasteiger partial charge < -0.3 is 5.32 Å². The van der Waals surface area contributed by atoms with Crippen LogP contribution in [0.2, 0.25) is 0 Å². The van der Waals surface area contributed by atoms with Crippen LogP contribution in [0, 0.1) is 12.8 Å². The Morgan fingerprint density at radius 1 is 1.47 bits per heavy atom. The SMILES string of the molecule is Cc1cccc(CCNC(=O)C(C)C)n1. The van der Waals surface area contributed by atoms with E-state index in [-0.39, 0.29) is 11.8 Å². The number of rotatable bonds is 4. The molecule has 3 heteroatoms. The van der Waals surface area contributed by atoms with Crippen molar-refractivity contribution in [2.75, 3.05) is 6.54 Å². The molecule has 0 aliphatic rings. The number of hydrogen-bond acceptors (Lipinski definition) is 2. The number of pyridine rings is 1. The molecule has 1 amide bonds. The summed E-state index contributed by atoms with van der Waals surface area (Å²) in [5.74, 6) is 0.151. The van der Waals surface area contributed by atoms with E-state index in [1.807, 2.05) is 39.0 Å². The van der Waals surface area contributed by atoms with Crippen LogP contribution < -0.4 is 5.32 Å². The van der Waals surface area contributed by atoms with Gasteiger partial charge in [0.15, 0.2) is 0 Å². The Bertz CT molecular complexity index is 334. The predicted molar refractivity (Wildman–Crippen MR) is 60.5 cm³/mol. The van der Waals surface area contributed by atoms with E-state index in [1.54, 1.807) is 0 Å². The second-order valence-electron chi connectivity index (χ2n) is 3.97. The molecule has 0 radical (unpaired) electrons. The van der Waals surface area contributed by atoms with Crippen LogP contribution in [0.4, 0.5) is 0 Å². The summed E-state index contributed by atoms with van der Waals surface area (Å²) in [5.41, 5.74) is 2.04. The van der Waals surface area contributed by atoms with Gasteiger partial charge in [-0.15, -0.1) is 0 Å². The molecule has 0 atom stereocenters. The molecule has 1 rings (SSSR count). The zero-order valence-corrected chi connectivity index (χ0v) is 9.58. The van der Waals surface area contributed by atoms with Crippen molar-refractivity contribution in [1.29, 1.82) is 0 Å². The average Bonchev–Trinajstić information content (AvgIpc) is 2.17. The molecule has 82 valence electrons. The minimum Gasteiger partial charge on any atom is -0.355 e. The smallest absolute Gasteiger partial charge is 0.222 e. The minimum absolute atomic E-state index is 0.0514. The van der Waals surface area contributed by atoms with Gasteiger partial charge in [0, 0.05) is 30.3 Å². The third kappa shape index (κ3) is 4.11. The summed E-state index contributed by atoms with van der Waals surface area (Å²) < 4.78 is 0. The quantitative estimate of drug-likeness (QED) is 0.814. The van der Waals surface area contributed by atoms with E-state index in [0.29, 0.717) is 6.54 Å². The molecule has 0 unspecified atom stereocenters. The lowest BCUT2D eigenvalue weighted by molar-refractivity contribution is -0.123. The molecule has 0 aliphatic carbocycles. The van der Waals surface area contributed by atoms with Gasteiger partial charge >= 0.3 is 0 Å². The highest BCUT2D eigenvalue weighted by atomic mass is 16.1. The molecule has 0 bridgehead atoms. The van der Waals surface area contributed by atoms with Crippen molar-refractivity contribution in [1.82, 2.24) is 10.3 Å². The van der Waals surface area contributed by atoms with Gasteiger partial charge in [0.25, 0.3) is 0 Å². The fraction of sp³-hybridized carbons (Fsp3) is 0.500. The summed E-state index contributed by atoms with van der Waals surface area (Å²) in [4.78, 5) is 15.6. The molecule has 1 aromatic rings. The van der Waals surface area contributed by atoms with Crippen molar-refractivity contribution in [2.24, 2.45) is 5.92 Å². The van der Waals surface area contributed by atoms with Gasteiger partial charge in [-0.2, -0.15) is 0 Å². The lowest BCUT2D eigenvalue weighted by Gasteiger charge is -2.07. The molecule has 0 saturated carbocycles. The number of amides is 1. The molecule has 0 aromatic carbocycles. The number of nitrogens with one attached hydrogen (secondary N) is 1. The number of aromatic nitrogens is 1. The Hall–Kier alpha value is -1.38. The number of nitrogens with zero attached hydrogens (tertiary/aromatic N) is 1. The summed E-state index contributed by atoms with van der Waals surface area (Å²) >= 11 is 0. The summed E-state index contributed by atoms with van der Waals surface area (Å²) in [7, 11) is 0. The van der Waals surface area contributed by atoms with Gasteiger partial charge in [-0.3, -0.25) is 9.78 Å². The molecule has 0 saturated heterocycles. The molecule has 1 heterocycles. The van der Waals surface area contributed by atoms with Crippen LogP contribution in [0.15, 0.2) is 18.2 Å². The van der Waals surface area contributed by atoms with Gasteiger partial charge in [-0.1, -0.05) is 19.9 Å². The highest BCUT2D eigenvalue weighted by Crippen LogP contribution is 1.98. The second kappa shape index (κ2) is 5.49.